The van der Waals surface area contributed by atoms with Crippen molar-refractivity contribution in [2.75, 3.05) is 6.54 Å². The van der Waals surface area contributed by atoms with Crippen molar-refractivity contribution in [2.24, 2.45) is 5.73 Å². The topological polar surface area (TPSA) is 26.0 Å². The van der Waals surface area contributed by atoms with Crippen molar-refractivity contribution in [3.63, 3.8) is 0 Å². The van der Waals surface area contributed by atoms with Gasteiger partial charge >= 0.3 is 0 Å². The van der Waals surface area contributed by atoms with E-state index in [0.717, 1.165) is 13.0 Å². The van der Waals surface area contributed by atoms with Gasteiger partial charge < -0.3 is 5.73 Å². The maximum absolute atomic E-state index is 5.44. The summed E-state index contributed by atoms with van der Waals surface area (Å²) in [5.74, 6) is 0. The molecule has 0 rings (SSSR count). The third kappa shape index (κ3) is 19.7. The number of nitrogens with two attached hydrogens (primary N) is 1. The highest BCUT2D eigenvalue weighted by Crippen LogP contribution is 2.13. The largest absolute Gasteiger partial charge is 0.330 e. The van der Waals surface area contributed by atoms with Crippen LogP contribution in [0.15, 0.2) is 12.2 Å². The van der Waals surface area contributed by atoms with E-state index in [0.29, 0.717) is 0 Å². The first kappa shape index (κ1) is 21.7. The van der Waals surface area contributed by atoms with Crippen molar-refractivity contribution in [3.05, 3.63) is 18.6 Å². The molecule has 131 valence electrons. The van der Waals surface area contributed by atoms with Gasteiger partial charge in [-0.15, -0.1) is 0 Å². The van der Waals surface area contributed by atoms with Crippen molar-refractivity contribution in [2.45, 2.75) is 110 Å². The fourth-order valence-corrected chi connectivity index (χ4v) is 2.84. The fraction of sp³-hybridized carbons (Fsp3) is 0.857. The molecule has 0 aromatic rings. The molecule has 0 saturated heterocycles. The second-order valence-corrected chi connectivity index (χ2v) is 6.63. The molecule has 1 nitrogen and oxygen atoms in total. The zero-order chi connectivity index (χ0) is 16.1. The zero-order valence-corrected chi connectivity index (χ0v) is 15.3. The minimum atomic E-state index is 0.767. The molecule has 1 radical (unpaired) electrons. The van der Waals surface area contributed by atoms with E-state index in [1.807, 2.05) is 0 Å². The zero-order valence-electron chi connectivity index (χ0n) is 15.3. The smallest absolute Gasteiger partial charge is 0.00714 e. The Kier molecular flexibility index (Phi) is 20.4. The third-order valence-electron chi connectivity index (χ3n) is 4.33. The van der Waals surface area contributed by atoms with Gasteiger partial charge in [0.15, 0.2) is 0 Å². The van der Waals surface area contributed by atoms with Gasteiger partial charge in [0.1, 0.15) is 0 Å². The fourth-order valence-electron chi connectivity index (χ4n) is 2.84. The molecule has 0 aromatic carbocycles. The molecule has 0 spiro atoms. The van der Waals surface area contributed by atoms with E-state index in [1.165, 1.54) is 96.3 Å². The van der Waals surface area contributed by atoms with Gasteiger partial charge in [0.05, 0.1) is 0 Å². The third-order valence-corrected chi connectivity index (χ3v) is 4.33. The van der Waals surface area contributed by atoms with E-state index in [1.54, 1.807) is 0 Å². The molecule has 1 heteroatoms. The van der Waals surface area contributed by atoms with E-state index < -0.39 is 0 Å². The lowest BCUT2D eigenvalue weighted by molar-refractivity contribution is 0.536. The van der Waals surface area contributed by atoms with Crippen LogP contribution in [0.2, 0.25) is 0 Å². The highest BCUT2D eigenvalue weighted by Gasteiger charge is 1.93. The highest BCUT2D eigenvalue weighted by atomic mass is 14.5. The molecule has 0 atom stereocenters. The van der Waals surface area contributed by atoms with Gasteiger partial charge in [0.2, 0.25) is 0 Å². The van der Waals surface area contributed by atoms with Crippen molar-refractivity contribution < 1.29 is 0 Å². The molecule has 0 bridgehead atoms. The number of rotatable bonds is 18. The summed E-state index contributed by atoms with van der Waals surface area (Å²) in [5.41, 5.74) is 5.44. The average Bonchev–Trinajstić information content (AvgIpc) is 2.54. The monoisotopic (exact) mass is 308 g/mol. The summed E-state index contributed by atoms with van der Waals surface area (Å²) in [6, 6.07) is 0. The van der Waals surface area contributed by atoms with Crippen molar-refractivity contribution in [3.8, 4) is 0 Å². The molecule has 0 unspecified atom stereocenters. The number of hydrogen-bond acceptors (Lipinski definition) is 1. The second-order valence-electron chi connectivity index (χ2n) is 6.63. The van der Waals surface area contributed by atoms with Crippen molar-refractivity contribution in [1.29, 1.82) is 0 Å². The maximum Gasteiger partial charge on any atom is -0.00714 e. The van der Waals surface area contributed by atoms with Crippen LogP contribution in [-0.4, -0.2) is 6.54 Å². The molecule has 0 heterocycles. The van der Waals surface area contributed by atoms with E-state index in [-0.39, 0.29) is 0 Å². The van der Waals surface area contributed by atoms with Crippen LogP contribution in [0.25, 0.3) is 0 Å². The molecule has 2 N–H and O–H groups in total. The minimum Gasteiger partial charge on any atom is -0.330 e. The van der Waals surface area contributed by atoms with E-state index in [2.05, 4.69) is 25.5 Å². The van der Waals surface area contributed by atoms with Gasteiger partial charge in [-0.3, -0.25) is 0 Å². The lowest BCUT2D eigenvalue weighted by atomic mass is 10.0. The molecule has 0 aliphatic heterocycles. The van der Waals surface area contributed by atoms with Gasteiger partial charge in [-0.2, -0.15) is 0 Å². The van der Waals surface area contributed by atoms with Gasteiger partial charge in [0, 0.05) is 0 Å². The number of unbranched alkanes of at least 4 members (excludes halogenated alkanes) is 15. The molecule has 0 aliphatic carbocycles. The Morgan fingerprint density at radius 2 is 1.05 bits per heavy atom. The first-order valence-corrected chi connectivity index (χ1v) is 10.1. The standard InChI is InChI=1S/C21H42N/c1-2-3-4-5-6-7-8-9-10-11-12-13-14-15-16-17-18-19-20-21-22/h17-19H,2-16,20-22H2,1H3. The Bertz CT molecular complexity index is 210. The van der Waals surface area contributed by atoms with Crippen LogP contribution in [0, 0.1) is 6.42 Å². The van der Waals surface area contributed by atoms with Crippen molar-refractivity contribution in [1.82, 2.24) is 0 Å². The maximum atomic E-state index is 5.44. The summed E-state index contributed by atoms with van der Waals surface area (Å²) >= 11 is 0. The predicted molar refractivity (Wildman–Crippen MR) is 102 cm³/mol. The Morgan fingerprint density at radius 1 is 0.591 bits per heavy atom. The lowest BCUT2D eigenvalue weighted by Crippen LogP contribution is -1.96. The van der Waals surface area contributed by atoms with Gasteiger partial charge in [-0.25, -0.2) is 0 Å². The average molecular weight is 309 g/mol. The molecule has 0 aromatic heterocycles. The Hall–Kier alpha value is -0.300. The summed E-state index contributed by atoms with van der Waals surface area (Å²) in [6.45, 7) is 3.06. The van der Waals surface area contributed by atoms with Crippen LogP contribution in [-0.2, 0) is 0 Å². The molecular weight excluding hydrogens is 266 g/mol. The SMILES string of the molecule is CCCCCCCCCCCCCCCCC=C[CH]CCN. The quantitative estimate of drug-likeness (QED) is 0.272. The molecule has 0 fully saturated rings. The molecule has 0 amide bonds. The Morgan fingerprint density at radius 3 is 1.50 bits per heavy atom. The summed E-state index contributed by atoms with van der Waals surface area (Å²) < 4.78 is 0. The summed E-state index contributed by atoms with van der Waals surface area (Å²) in [7, 11) is 0. The van der Waals surface area contributed by atoms with Gasteiger partial charge in [-0.1, -0.05) is 103 Å². The molecule has 0 aliphatic rings. The first-order valence-electron chi connectivity index (χ1n) is 10.1. The summed E-state index contributed by atoms with van der Waals surface area (Å²) in [4.78, 5) is 0. The normalized spacial score (nSPS) is 11.5. The van der Waals surface area contributed by atoms with Crippen LogP contribution < -0.4 is 5.73 Å². The van der Waals surface area contributed by atoms with Gasteiger partial charge in [0.25, 0.3) is 0 Å². The highest BCUT2D eigenvalue weighted by molar-refractivity contribution is 4.94. The second kappa shape index (κ2) is 20.7. The van der Waals surface area contributed by atoms with Crippen LogP contribution >= 0.6 is 0 Å². The van der Waals surface area contributed by atoms with Crippen molar-refractivity contribution >= 4 is 0 Å². The molecular formula is C21H42N. The predicted octanol–water partition coefficient (Wildman–Crippen LogP) is 6.97. The van der Waals surface area contributed by atoms with Crippen LogP contribution in [0.3, 0.4) is 0 Å². The van der Waals surface area contributed by atoms with Crippen LogP contribution in [0.4, 0.5) is 0 Å². The van der Waals surface area contributed by atoms with Crippen LogP contribution in [0.1, 0.15) is 110 Å². The van der Waals surface area contributed by atoms with Gasteiger partial charge in [-0.05, 0) is 32.2 Å². The number of hydrogen-bond donors (Lipinski definition) is 1. The van der Waals surface area contributed by atoms with Crippen LogP contribution in [0.5, 0.6) is 0 Å². The summed E-state index contributed by atoms with van der Waals surface area (Å²) in [6.07, 6.45) is 29.0. The van der Waals surface area contributed by atoms with E-state index in [9.17, 15) is 0 Å². The van der Waals surface area contributed by atoms with E-state index >= 15 is 0 Å². The Balaban J connectivity index is 2.98. The molecule has 22 heavy (non-hydrogen) atoms. The summed E-state index contributed by atoms with van der Waals surface area (Å²) in [5, 5.41) is 0. The minimum absolute atomic E-state index is 0.767. The van der Waals surface area contributed by atoms with E-state index in [4.69, 9.17) is 5.73 Å². The molecule has 0 saturated carbocycles. The lowest BCUT2D eigenvalue weighted by Gasteiger charge is -2.02. The Labute approximate surface area is 141 Å². The number of allylic oxidation sites excluding steroid dienone is 2. The first-order chi connectivity index (χ1) is 10.9.